The van der Waals surface area contributed by atoms with Crippen LogP contribution in [0.2, 0.25) is 0 Å². The molecule has 1 aromatic carbocycles. The van der Waals surface area contributed by atoms with E-state index in [4.69, 9.17) is 21.1 Å². The second-order valence-electron chi connectivity index (χ2n) is 4.56. The van der Waals surface area contributed by atoms with Gasteiger partial charge in [-0.2, -0.15) is 0 Å². The van der Waals surface area contributed by atoms with Crippen LogP contribution in [0.15, 0.2) is 24.3 Å². The Morgan fingerprint density at radius 3 is 2.67 bits per heavy atom. The van der Waals surface area contributed by atoms with Gasteiger partial charge in [0.25, 0.3) is 0 Å². The number of rotatable bonds is 7. The molecule has 3 nitrogen and oxygen atoms in total. The highest BCUT2D eigenvalue weighted by Crippen LogP contribution is 2.19. The van der Waals surface area contributed by atoms with Crippen molar-refractivity contribution < 1.29 is 14.3 Å². The lowest BCUT2D eigenvalue weighted by molar-refractivity contribution is -0.120. The molecule has 1 rings (SSSR count). The van der Waals surface area contributed by atoms with Crippen molar-refractivity contribution in [3.63, 3.8) is 0 Å². The molecule has 0 fully saturated rings. The van der Waals surface area contributed by atoms with Crippen molar-refractivity contribution in [2.75, 3.05) is 20.3 Å². The second kappa shape index (κ2) is 6.76. The van der Waals surface area contributed by atoms with Gasteiger partial charge >= 0.3 is 0 Å². The van der Waals surface area contributed by atoms with Gasteiger partial charge in [-0.15, -0.1) is 11.6 Å². The Morgan fingerprint density at radius 2 is 2.06 bits per heavy atom. The highest BCUT2D eigenvalue weighted by atomic mass is 35.5. The number of ketones is 1. The number of halogens is 1. The monoisotopic (exact) mass is 270 g/mol. The summed E-state index contributed by atoms with van der Waals surface area (Å²) in [4.78, 5) is 11.0. The van der Waals surface area contributed by atoms with Gasteiger partial charge in [0.05, 0.1) is 11.5 Å². The Bertz CT molecular complexity index is 396. The van der Waals surface area contributed by atoms with Crippen LogP contribution in [0.1, 0.15) is 19.4 Å². The number of benzene rings is 1. The third-order valence-electron chi connectivity index (χ3n) is 2.48. The Hall–Kier alpha value is -1.06. The van der Waals surface area contributed by atoms with Gasteiger partial charge in [-0.1, -0.05) is 12.1 Å². The summed E-state index contributed by atoms with van der Waals surface area (Å²) in [6.45, 7) is 4.44. The molecule has 0 radical (unpaired) electrons. The van der Waals surface area contributed by atoms with Crippen LogP contribution in [0, 0.1) is 0 Å². The fourth-order valence-corrected chi connectivity index (χ4v) is 1.45. The number of carbonyl (C=O) groups is 1. The third kappa shape index (κ3) is 5.07. The van der Waals surface area contributed by atoms with Crippen LogP contribution >= 0.6 is 11.6 Å². The third-order valence-corrected chi connectivity index (χ3v) is 2.69. The van der Waals surface area contributed by atoms with E-state index in [-0.39, 0.29) is 5.78 Å². The first-order valence-electron chi connectivity index (χ1n) is 5.86. The fraction of sp³-hybridized carbons (Fsp3) is 0.500. The quantitative estimate of drug-likeness (QED) is 0.565. The Labute approximate surface area is 113 Å². The molecular formula is C14H19ClO3. The van der Waals surface area contributed by atoms with E-state index in [1.165, 1.54) is 0 Å². The second-order valence-corrected chi connectivity index (χ2v) is 5.51. The van der Waals surface area contributed by atoms with Crippen molar-refractivity contribution in [1.29, 1.82) is 0 Å². The first kappa shape index (κ1) is 15.0. The standard InChI is InChI=1S/C14H19ClO3/c1-14(2,15)13(16)10-11-5-4-6-12(9-11)18-8-7-17-3/h4-6,9H,7-8,10H2,1-3H3. The van der Waals surface area contributed by atoms with E-state index in [1.807, 2.05) is 24.3 Å². The SMILES string of the molecule is COCCOc1cccc(CC(=O)C(C)(C)Cl)c1. The van der Waals surface area contributed by atoms with Gasteiger partial charge in [-0.05, 0) is 31.5 Å². The minimum atomic E-state index is -0.826. The van der Waals surface area contributed by atoms with Gasteiger partial charge in [0.2, 0.25) is 0 Å². The van der Waals surface area contributed by atoms with E-state index in [9.17, 15) is 4.79 Å². The summed E-state index contributed by atoms with van der Waals surface area (Å²) in [7, 11) is 1.63. The molecule has 4 heteroatoms. The molecule has 100 valence electrons. The average molecular weight is 271 g/mol. The average Bonchev–Trinajstić information content (AvgIpc) is 2.28. The van der Waals surface area contributed by atoms with Crippen molar-refractivity contribution in [2.24, 2.45) is 0 Å². The maximum Gasteiger partial charge on any atom is 0.157 e. The lowest BCUT2D eigenvalue weighted by Crippen LogP contribution is -2.26. The summed E-state index contributed by atoms with van der Waals surface area (Å²) >= 11 is 5.98. The number of ether oxygens (including phenoxy) is 2. The molecule has 0 N–H and O–H groups in total. The largest absolute Gasteiger partial charge is 0.491 e. The lowest BCUT2D eigenvalue weighted by atomic mass is 10.0. The van der Waals surface area contributed by atoms with Crippen molar-refractivity contribution in [3.8, 4) is 5.75 Å². The summed E-state index contributed by atoms with van der Waals surface area (Å²) in [5.74, 6) is 0.739. The minimum absolute atomic E-state index is 0.00166. The number of hydrogen-bond acceptors (Lipinski definition) is 3. The van der Waals surface area contributed by atoms with Crippen LogP contribution in [0.5, 0.6) is 5.75 Å². The molecule has 18 heavy (non-hydrogen) atoms. The highest BCUT2D eigenvalue weighted by Gasteiger charge is 2.23. The van der Waals surface area contributed by atoms with E-state index < -0.39 is 4.87 Å². The van der Waals surface area contributed by atoms with Crippen LogP contribution in [0.4, 0.5) is 0 Å². The fourth-order valence-electron chi connectivity index (χ4n) is 1.38. The van der Waals surface area contributed by atoms with Gasteiger partial charge in [0.1, 0.15) is 12.4 Å². The highest BCUT2D eigenvalue weighted by molar-refractivity contribution is 6.34. The molecule has 0 amide bonds. The maximum atomic E-state index is 11.8. The lowest BCUT2D eigenvalue weighted by Gasteiger charge is -2.14. The molecule has 1 aromatic rings. The van der Waals surface area contributed by atoms with Gasteiger partial charge in [-0.25, -0.2) is 0 Å². The molecule has 0 bridgehead atoms. The van der Waals surface area contributed by atoms with E-state index in [0.717, 1.165) is 11.3 Å². The Balaban J connectivity index is 2.62. The minimum Gasteiger partial charge on any atom is -0.491 e. The van der Waals surface area contributed by atoms with E-state index in [0.29, 0.717) is 19.6 Å². The molecule has 0 spiro atoms. The molecular weight excluding hydrogens is 252 g/mol. The van der Waals surface area contributed by atoms with Crippen LogP contribution in [-0.2, 0) is 16.0 Å². The predicted molar refractivity (Wildman–Crippen MR) is 72.5 cm³/mol. The zero-order valence-corrected chi connectivity index (χ0v) is 11.8. The first-order valence-corrected chi connectivity index (χ1v) is 6.24. The molecule has 0 saturated heterocycles. The number of carbonyl (C=O) groups excluding carboxylic acids is 1. The van der Waals surface area contributed by atoms with Gasteiger partial charge in [-0.3, -0.25) is 4.79 Å². The molecule has 0 heterocycles. The smallest absolute Gasteiger partial charge is 0.157 e. The molecule has 0 aliphatic rings. The molecule has 0 unspecified atom stereocenters. The first-order chi connectivity index (χ1) is 8.43. The van der Waals surface area contributed by atoms with E-state index >= 15 is 0 Å². The number of Topliss-reactive ketones (excluding diaryl/α,β-unsaturated/α-hetero) is 1. The van der Waals surface area contributed by atoms with Crippen LogP contribution in [-0.4, -0.2) is 31.0 Å². The molecule has 0 aliphatic carbocycles. The van der Waals surface area contributed by atoms with Crippen LogP contribution in [0.3, 0.4) is 0 Å². The number of alkyl halides is 1. The van der Waals surface area contributed by atoms with Crippen molar-refractivity contribution >= 4 is 17.4 Å². The number of methoxy groups -OCH3 is 1. The van der Waals surface area contributed by atoms with Gasteiger partial charge in [0, 0.05) is 13.5 Å². The van der Waals surface area contributed by atoms with Gasteiger partial charge < -0.3 is 9.47 Å². The van der Waals surface area contributed by atoms with Crippen LogP contribution in [0.25, 0.3) is 0 Å². The Kier molecular flexibility index (Phi) is 5.63. The zero-order chi connectivity index (χ0) is 13.6. The summed E-state index contributed by atoms with van der Waals surface area (Å²) in [6, 6.07) is 7.47. The molecule has 0 aromatic heterocycles. The maximum absolute atomic E-state index is 11.8. The van der Waals surface area contributed by atoms with Crippen molar-refractivity contribution in [1.82, 2.24) is 0 Å². The summed E-state index contributed by atoms with van der Waals surface area (Å²) in [5, 5.41) is 0. The summed E-state index contributed by atoms with van der Waals surface area (Å²) in [6.07, 6.45) is 0.317. The molecule has 0 saturated carbocycles. The van der Waals surface area contributed by atoms with Gasteiger partial charge in [0.15, 0.2) is 5.78 Å². The summed E-state index contributed by atoms with van der Waals surface area (Å²) in [5.41, 5.74) is 0.906. The normalized spacial score (nSPS) is 11.3. The summed E-state index contributed by atoms with van der Waals surface area (Å²) < 4.78 is 10.4. The molecule has 0 aliphatic heterocycles. The van der Waals surface area contributed by atoms with Crippen LogP contribution < -0.4 is 4.74 Å². The number of hydrogen-bond donors (Lipinski definition) is 0. The topological polar surface area (TPSA) is 35.5 Å². The van der Waals surface area contributed by atoms with Crippen molar-refractivity contribution in [3.05, 3.63) is 29.8 Å². The predicted octanol–water partition coefficient (Wildman–Crippen LogP) is 2.84. The zero-order valence-electron chi connectivity index (χ0n) is 11.0. The van der Waals surface area contributed by atoms with E-state index in [2.05, 4.69) is 0 Å². The van der Waals surface area contributed by atoms with E-state index in [1.54, 1.807) is 21.0 Å². The Morgan fingerprint density at radius 1 is 1.33 bits per heavy atom. The van der Waals surface area contributed by atoms with Crippen molar-refractivity contribution in [2.45, 2.75) is 25.1 Å². The molecule has 0 atom stereocenters.